The molecule has 0 aliphatic carbocycles. The van der Waals surface area contributed by atoms with E-state index in [0.29, 0.717) is 17.1 Å². The van der Waals surface area contributed by atoms with Gasteiger partial charge in [-0.2, -0.15) is 0 Å². The number of hydrogen-bond acceptors (Lipinski definition) is 5. The quantitative estimate of drug-likeness (QED) is 0.478. The molecule has 0 aliphatic rings. The zero-order valence-electron chi connectivity index (χ0n) is 13.5. The molecule has 1 N–H and O–H groups in total. The second-order valence-electron chi connectivity index (χ2n) is 4.86. The molecule has 0 aromatic heterocycles. The highest BCUT2D eigenvalue weighted by molar-refractivity contribution is 6.31. The lowest BCUT2D eigenvalue weighted by molar-refractivity contribution is -0.383. The maximum atomic E-state index is 12.0. The fraction of sp³-hybridized carbons (Fsp3) is 0.118. The average Bonchev–Trinajstić information content (AvgIpc) is 2.61. The third kappa shape index (κ3) is 4.71. The topological polar surface area (TPSA) is 90.7 Å². The molecule has 0 spiro atoms. The van der Waals surface area contributed by atoms with Gasteiger partial charge in [0.15, 0.2) is 11.5 Å². The first-order valence-electron chi connectivity index (χ1n) is 7.09. The fourth-order valence-corrected chi connectivity index (χ4v) is 2.23. The van der Waals surface area contributed by atoms with Crippen LogP contribution in [-0.2, 0) is 4.79 Å². The average molecular weight is 363 g/mol. The van der Waals surface area contributed by atoms with E-state index >= 15 is 0 Å². The summed E-state index contributed by atoms with van der Waals surface area (Å²) in [6, 6.07) is 9.17. The number of halogens is 1. The van der Waals surface area contributed by atoms with E-state index in [9.17, 15) is 14.9 Å². The lowest BCUT2D eigenvalue weighted by atomic mass is 10.2. The summed E-state index contributed by atoms with van der Waals surface area (Å²) in [7, 11) is 3.04. The minimum absolute atomic E-state index is 0.0661. The summed E-state index contributed by atoms with van der Waals surface area (Å²) < 4.78 is 10.3. The maximum absolute atomic E-state index is 12.0. The van der Waals surface area contributed by atoms with E-state index in [-0.39, 0.29) is 16.4 Å². The molecule has 0 aliphatic heterocycles. The second kappa shape index (κ2) is 8.16. The summed E-state index contributed by atoms with van der Waals surface area (Å²) in [4.78, 5) is 22.4. The number of nitro groups is 1. The lowest BCUT2D eigenvalue weighted by Gasteiger charge is -2.07. The van der Waals surface area contributed by atoms with Crippen molar-refractivity contribution in [1.82, 2.24) is 0 Å². The summed E-state index contributed by atoms with van der Waals surface area (Å²) in [5.74, 6) is 0.583. The Morgan fingerprint density at radius 3 is 2.52 bits per heavy atom. The van der Waals surface area contributed by atoms with Gasteiger partial charge >= 0.3 is 0 Å². The van der Waals surface area contributed by atoms with Gasteiger partial charge in [0.05, 0.1) is 19.1 Å². The Kier molecular flexibility index (Phi) is 5.97. The van der Waals surface area contributed by atoms with Gasteiger partial charge < -0.3 is 14.8 Å². The Balaban J connectivity index is 2.15. The predicted molar refractivity (Wildman–Crippen MR) is 95.3 cm³/mol. The molecule has 0 saturated heterocycles. The van der Waals surface area contributed by atoms with Crippen molar-refractivity contribution in [2.24, 2.45) is 0 Å². The van der Waals surface area contributed by atoms with Crippen LogP contribution in [0, 0.1) is 10.1 Å². The minimum atomic E-state index is -0.612. The Hall–Kier alpha value is -3.06. The number of nitro benzene ring substituents is 1. The number of hydrogen-bond donors (Lipinski definition) is 1. The standard InChI is InChI=1S/C17H15ClN2O5/c1-24-15-7-3-11(9-16(15)25-2)4-8-17(21)19-13-6-5-12(18)10-14(13)20(22)23/h3-10H,1-2H3,(H,19,21)/b8-4-. The first-order valence-corrected chi connectivity index (χ1v) is 7.47. The van der Waals surface area contributed by atoms with Gasteiger partial charge in [-0.3, -0.25) is 14.9 Å². The molecular weight excluding hydrogens is 348 g/mol. The third-order valence-corrected chi connectivity index (χ3v) is 3.48. The van der Waals surface area contributed by atoms with Gasteiger partial charge in [-0.15, -0.1) is 0 Å². The van der Waals surface area contributed by atoms with Gasteiger partial charge in [-0.05, 0) is 35.9 Å². The number of amides is 1. The molecule has 7 nitrogen and oxygen atoms in total. The highest BCUT2D eigenvalue weighted by Gasteiger charge is 2.15. The van der Waals surface area contributed by atoms with Crippen LogP contribution in [0.1, 0.15) is 5.56 Å². The van der Waals surface area contributed by atoms with E-state index in [1.807, 2.05) is 0 Å². The largest absolute Gasteiger partial charge is 0.493 e. The Morgan fingerprint density at radius 1 is 1.16 bits per heavy atom. The molecule has 8 heteroatoms. The second-order valence-corrected chi connectivity index (χ2v) is 5.29. The van der Waals surface area contributed by atoms with Gasteiger partial charge in [0.25, 0.3) is 5.69 Å². The summed E-state index contributed by atoms with van der Waals surface area (Å²) in [5, 5.41) is 13.7. The first kappa shape index (κ1) is 18.3. The number of carbonyl (C=O) groups excluding carboxylic acids is 1. The molecule has 2 rings (SSSR count). The maximum Gasteiger partial charge on any atom is 0.294 e. The molecule has 130 valence electrons. The smallest absolute Gasteiger partial charge is 0.294 e. The number of rotatable bonds is 6. The van der Waals surface area contributed by atoms with E-state index in [1.54, 1.807) is 24.3 Å². The minimum Gasteiger partial charge on any atom is -0.493 e. The van der Waals surface area contributed by atoms with Gasteiger partial charge in [0.1, 0.15) is 5.69 Å². The van der Waals surface area contributed by atoms with Crippen molar-refractivity contribution < 1.29 is 19.2 Å². The van der Waals surface area contributed by atoms with Crippen LogP contribution in [0.5, 0.6) is 11.5 Å². The number of benzene rings is 2. The van der Waals surface area contributed by atoms with Crippen LogP contribution in [0.15, 0.2) is 42.5 Å². The van der Waals surface area contributed by atoms with Crippen molar-refractivity contribution >= 4 is 35.0 Å². The molecule has 0 saturated carbocycles. The summed E-state index contributed by atoms with van der Waals surface area (Å²) in [6.07, 6.45) is 2.82. The number of nitrogens with zero attached hydrogens (tertiary/aromatic N) is 1. The van der Waals surface area contributed by atoms with Gasteiger partial charge in [0.2, 0.25) is 5.91 Å². The molecular formula is C17H15ClN2O5. The number of nitrogens with one attached hydrogen (secondary N) is 1. The number of methoxy groups -OCH3 is 2. The predicted octanol–water partition coefficient (Wildman–Crippen LogP) is 3.92. The van der Waals surface area contributed by atoms with Crippen LogP contribution in [0.4, 0.5) is 11.4 Å². The van der Waals surface area contributed by atoms with Gasteiger partial charge in [-0.1, -0.05) is 17.7 Å². The monoisotopic (exact) mass is 362 g/mol. The zero-order chi connectivity index (χ0) is 18.4. The molecule has 0 heterocycles. The number of anilines is 1. The van der Waals surface area contributed by atoms with Crippen LogP contribution in [-0.4, -0.2) is 25.1 Å². The van der Waals surface area contributed by atoms with Crippen LogP contribution in [0.3, 0.4) is 0 Å². The molecule has 0 fully saturated rings. The van der Waals surface area contributed by atoms with Crippen molar-refractivity contribution in [2.75, 3.05) is 19.5 Å². The Morgan fingerprint density at radius 2 is 1.88 bits per heavy atom. The molecule has 0 bridgehead atoms. The fourth-order valence-electron chi connectivity index (χ4n) is 2.06. The summed E-state index contributed by atoms with van der Waals surface area (Å²) in [5.41, 5.74) is 0.495. The van der Waals surface area contributed by atoms with Crippen LogP contribution in [0.25, 0.3) is 6.08 Å². The lowest BCUT2D eigenvalue weighted by Crippen LogP contribution is -2.09. The summed E-state index contributed by atoms with van der Waals surface area (Å²) in [6.45, 7) is 0. The van der Waals surface area contributed by atoms with Crippen LogP contribution in [0.2, 0.25) is 5.02 Å². The highest BCUT2D eigenvalue weighted by atomic mass is 35.5. The van der Waals surface area contributed by atoms with Crippen molar-refractivity contribution in [3.05, 3.63) is 63.2 Å². The molecule has 2 aromatic carbocycles. The molecule has 0 atom stereocenters. The first-order chi connectivity index (χ1) is 11.9. The van der Waals surface area contributed by atoms with Crippen molar-refractivity contribution in [3.63, 3.8) is 0 Å². The SMILES string of the molecule is COc1ccc(/C=C\C(=O)Nc2ccc(Cl)cc2[N+](=O)[O-])cc1OC. The highest BCUT2D eigenvalue weighted by Crippen LogP contribution is 2.29. The number of ether oxygens (including phenoxy) is 2. The molecule has 0 unspecified atom stereocenters. The van der Waals surface area contributed by atoms with Crippen molar-refractivity contribution in [2.45, 2.75) is 0 Å². The molecule has 0 radical (unpaired) electrons. The third-order valence-electron chi connectivity index (χ3n) is 3.25. The van der Waals surface area contributed by atoms with E-state index in [4.69, 9.17) is 21.1 Å². The zero-order valence-corrected chi connectivity index (χ0v) is 14.2. The van der Waals surface area contributed by atoms with Gasteiger partial charge in [-0.25, -0.2) is 0 Å². The summed E-state index contributed by atoms with van der Waals surface area (Å²) >= 11 is 5.74. The van der Waals surface area contributed by atoms with Crippen LogP contribution >= 0.6 is 11.6 Å². The van der Waals surface area contributed by atoms with E-state index < -0.39 is 10.8 Å². The molecule has 25 heavy (non-hydrogen) atoms. The van der Waals surface area contributed by atoms with Crippen molar-refractivity contribution in [3.8, 4) is 11.5 Å². The van der Waals surface area contributed by atoms with Gasteiger partial charge in [0, 0.05) is 17.2 Å². The van der Waals surface area contributed by atoms with E-state index in [1.165, 1.54) is 38.5 Å². The van der Waals surface area contributed by atoms with Crippen LogP contribution < -0.4 is 14.8 Å². The Labute approximate surface area is 149 Å². The molecule has 1 amide bonds. The Bertz CT molecular complexity index is 836. The molecule has 2 aromatic rings. The number of carbonyl (C=O) groups is 1. The van der Waals surface area contributed by atoms with E-state index in [0.717, 1.165) is 0 Å². The normalized spacial score (nSPS) is 10.5. The van der Waals surface area contributed by atoms with E-state index in [2.05, 4.69) is 5.32 Å². The van der Waals surface area contributed by atoms with Crippen molar-refractivity contribution in [1.29, 1.82) is 0 Å².